The zero-order valence-electron chi connectivity index (χ0n) is 15.8. The molecule has 30 heavy (non-hydrogen) atoms. The van der Waals surface area contributed by atoms with Gasteiger partial charge in [-0.15, -0.1) is 0 Å². The van der Waals surface area contributed by atoms with Crippen LogP contribution in [-0.4, -0.2) is 61.6 Å². The molecular formula is C19H15ClInN5O3S. The van der Waals surface area contributed by atoms with E-state index in [0.717, 1.165) is 22.5 Å². The number of pyridine rings is 1. The summed E-state index contributed by atoms with van der Waals surface area (Å²) in [7, 11) is 7.66. The van der Waals surface area contributed by atoms with E-state index in [2.05, 4.69) is 23.5 Å². The van der Waals surface area contributed by atoms with Crippen LogP contribution in [0.3, 0.4) is 0 Å². The molecule has 1 aliphatic rings. The van der Waals surface area contributed by atoms with Crippen molar-refractivity contribution >= 4 is 57.7 Å². The normalized spacial score (nSPS) is 12.6. The maximum absolute atomic E-state index is 12.9. The van der Waals surface area contributed by atoms with Gasteiger partial charge in [-0.3, -0.25) is 4.98 Å². The maximum atomic E-state index is 12.9. The second-order valence-corrected chi connectivity index (χ2v) is 14.0. The van der Waals surface area contributed by atoms with Gasteiger partial charge in [-0.2, -0.15) is 0 Å². The summed E-state index contributed by atoms with van der Waals surface area (Å²) < 4.78 is 17.3. The SMILES string of the molecule is COc1ccccc1-c1cnccc1C(=O)Nc1nnc(OCC2=[CH][In]([Cl])[N]=C2)s1. The topological polar surface area (TPSA) is 98.6 Å². The number of halogens is 1. The average molecular weight is 544 g/mol. The molecule has 0 fully saturated rings. The van der Waals surface area contributed by atoms with Crippen molar-refractivity contribution in [2.24, 2.45) is 2.98 Å². The van der Waals surface area contributed by atoms with Crippen LogP contribution in [-0.2, 0) is 0 Å². The van der Waals surface area contributed by atoms with Crippen molar-refractivity contribution < 1.29 is 14.3 Å². The standard InChI is InChI=1S/C19H15N5O3S.ClH.In/c1-12(9-20)11-27-19-24-23-18(28-19)22-17(25)14-7-8-21-10-15(14)13-5-3-4-6-16(13)26-2;;/h1,3-10H,11H2,2H3,(H,22,23,25);1H;/q-1;;+2/p-1. The fraction of sp³-hybridized carbons (Fsp3) is 0.105. The third kappa shape index (κ3) is 4.82. The number of nitrogens with one attached hydrogen (secondary N) is 1. The van der Waals surface area contributed by atoms with Gasteiger partial charge in [0.2, 0.25) is 0 Å². The number of methoxy groups -OCH3 is 1. The Morgan fingerprint density at radius 2 is 2.10 bits per heavy atom. The van der Waals surface area contributed by atoms with Crippen molar-refractivity contribution in [2.45, 2.75) is 0 Å². The monoisotopic (exact) mass is 543 g/mol. The molecule has 0 bridgehead atoms. The van der Waals surface area contributed by atoms with E-state index < -0.39 is 20.5 Å². The zero-order chi connectivity index (χ0) is 20.9. The second kappa shape index (κ2) is 9.59. The Bertz CT molecular complexity index is 1140. The first kappa shape index (κ1) is 20.8. The molecule has 2 aromatic heterocycles. The van der Waals surface area contributed by atoms with E-state index in [1.165, 1.54) is 0 Å². The van der Waals surface area contributed by atoms with E-state index in [4.69, 9.17) is 18.1 Å². The summed E-state index contributed by atoms with van der Waals surface area (Å²) in [6.07, 6.45) is 4.95. The first-order chi connectivity index (χ1) is 14.6. The molecule has 8 nitrogen and oxygen atoms in total. The van der Waals surface area contributed by atoms with Crippen LogP contribution in [0.4, 0.5) is 5.13 Å². The molecular weight excluding hydrogens is 529 g/mol. The van der Waals surface area contributed by atoms with Gasteiger partial charge in [-0.25, -0.2) is 0 Å². The van der Waals surface area contributed by atoms with Crippen LogP contribution < -0.4 is 14.8 Å². The van der Waals surface area contributed by atoms with Gasteiger partial charge in [-0.1, -0.05) is 18.2 Å². The molecule has 150 valence electrons. The molecule has 0 unspecified atom stereocenters. The first-order valence-corrected chi connectivity index (χ1v) is 17.2. The van der Waals surface area contributed by atoms with Crippen LogP contribution in [0.25, 0.3) is 11.1 Å². The molecule has 1 aliphatic heterocycles. The Kier molecular flexibility index (Phi) is 6.66. The van der Waals surface area contributed by atoms with Gasteiger partial charge in [0, 0.05) is 0 Å². The van der Waals surface area contributed by atoms with Crippen LogP contribution >= 0.6 is 19.9 Å². The van der Waals surface area contributed by atoms with Gasteiger partial charge >= 0.3 is 142 Å². The molecule has 1 amide bonds. The summed E-state index contributed by atoms with van der Waals surface area (Å²) in [6, 6.07) is 9.10. The van der Waals surface area contributed by atoms with Gasteiger partial charge in [0.25, 0.3) is 0 Å². The zero-order valence-corrected chi connectivity index (χ0v) is 20.6. The number of ether oxygens (including phenoxy) is 2. The van der Waals surface area contributed by atoms with E-state index in [1.807, 2.05) is 28.1 Å². The van der Waals surface area contributed by atoms with Gasteiger partial charge in [0.15, 0.2) is 0 Å². The Labute approximate surface area is 188 Å². The minimum absolute atomic E-state index is 0.328. The number of carbonyl (C=O) groups excluding carboxylic acids is 1. The minimum atomic E-state index is -2.27. The van der Waals surface area contributed by atoms with E-state index in [-0.39, 0.29) is 5.91 Å². The Morgan fingerprint density at radius 1 is 1.23 bits per heavy atom. The number of rotatable bonds is 7. The molecule has 0 spiro atoms. The molecule has 11 heteroatoms. The van der Waals surface area contributed by atoms with Crippen molar-refractivity contribution in [2.75, 3.05) is 19.0 Å². The van der Waals surface area contributed by atoms with Crippen molar-refractivity contribution in [1.29, 1.82) is 0 Å². The van der Waals surface area contributed by atoms with Crippen LogP contribution in [0.2, 0.25) is 0 Å². The van der Waals surface area contributed by atoms with Crippen molar-refractivity contribution in [3.05, 3.63) is 57.7 Å². The average Bonchev–Trinajstić information content (AvgIpc) is 3.40. The van der Waals surface area contributed by atoms with Gasteiger partial charge in [-0.05, 0) is 6.07 Å². The number of para-hydroxylation sites is 1. The van der Waals surface area contributed by atoms with E-state index >= 15 is 0 Å². The third-order valence-corrected chi connectivity index (χ3v) is 9.78. The first-order valence-electron chi connectivity index (χ1n) is 8.87. The molecule has 0 aliphatic carbocycles. The molecule has 0 atom stereocenters. The summed E-state index contributed by atoms with van der Waals surface area (Å²) in [6.45, 7) is 0.328. The summed E-state index contributed by atoms with van der Waals surface area (Å²) >= 11 is -1.13. The number of aromatic nitrogens is 3. The molecule has 0 radical (unpaired) electrons. The molecule has 1 aromatic carbocycles. The number of anilines is 1. The molecule has 1 N–H and O–H groups in total. The van der Waals surface area contributed by atoms with E-state index in [0.29, 0.717) is 33.8 Å². The number of carbonyl (C=O) groups is 1. The van der Waals surface area contributed by atoms with Crippen molar-refractivity contribution in [3.63, 3.8) is 0 Å². The predicted octanol–water partition coefficient (Wildman–Crippen LogP) is 3.52. The second-order valence-electron chi connectivity index (χ2n) is 6.13. The van der Waals surface area contributed by atoms with Crippen molar-refractivity contribution in [3.8, 4) is 22.1 Å². The van der Waals surface area contributed by atoms with Gasteiger partial charge in [0.05, 0.1) is 7.11 Å². The molecule has 3 heterocycles. The molecule has 0 saturated heterocycles. The summed E-state index contributed by atoms with van der Waals surface area (Å²) in [5.41, 5.74) is 2.82. The van der Waals surface area contributed by atoms with Crippen LogP contribution in [0, 0.1) is 0 Å². The third-order valence-electron chi connectivity index (χ3n) is 4.19. The summed E-state index contributed by atoms with van der Waals surface area (Å²) in [5.74, 6) is 0.324. The summed E-state index contributed by atoms with van der Waals surface area (Å²) in [5, 5.41) is 11.4. The van der Waals surface area contributed by atoms with Crippen LogP contribution in [0.15, 0.2) is 55.1 Å². The number of amides is 1. The Hall–Kier alpha value is -2.43. The molecule has 0 saturated carbocycles. The quantitative estimate of drug-likeness (QED) is 0.490. The fourth-order valence-electron chi connectivity index (χ4n) is 2.82. The van der Waals surface area contributed by atoms with Gasteiger partial charge in [0.1, 0.15) is 5.75 Å². The van der Waals surface area contributed by atoms with Crippen LogP contribution in [0.5, 0.6) is 10.9 Å². The Balaban J connectivity index is 1.48. The van der Waals surface area contributed by atoms with E-state index in [9.17, 15) is 4.79 Å². The van der Waals surface area contributed by atoms with Gasteiger partial charge < -0.3 is 4.74 Å². The number of hydrogen-bond donors (Lipinski definition) is 1. The number of hydrogen-bond acceptors (Lipinski definition) is 8. The molecule has 4 rings (SSSR count). The summed E-state index contributed by atoms with van der Waals surface area (Å²) in [4.78, 5) is 17.1. The fourth-order valence-corrected chi connectivity index (χ4v) is 7.60. The van der Waals surface area contributed by atoms with Crippen molar-refractivity contribution in [1.82, 2.24) is 15.2 Å². The molecule has 3 aromatic rings. The Morgan fingerprint density at radius 3 is 2.90 bits per heavy atom. The predicted molar refractivity (Wildman–Crippen MR) is 118 cm³/mol. The van der Waals surface area contributed by atoms with E-state index in [1.54, 1.807) is 31.8 Å². The number of nitrogens with zero attached hydrogens (tertiary/aromatic N) is 4. The number of benzene rings is 1. The van der Waals surface area contributed by atoms with Crippen LogP contribution in [0.1, 0.15) is 10.4 Å².